The van der Waals surface area contributed by atoms with E-state index < -0.39 is 0 Å². The number of aryl methyl sites for hydroxylation is 1. The second-order valence-electron chi connectivity index (χ2n) is 5.17. The highest BCUT2D eigenvalue weighted by atomic mass is 16.5. The van der Waals surface area contributed by atoms with Gasteiger partial charge in [0.1, 0.15) is 11.8 Å². The summed E-state index contributed by atoms with van der Waals surface area (Å²) < 4.78 is 7.32. The molecule has 2 heterocycles. The zero-order valence-electron chi connectivity index (χ0n) is 12.8. The molecule has 0 saturated carbocycles. The van der Waals surface area contributed by atoms with E-state index in [4.69, 9.17) is 10.5 Å². The lowest BCUT2D eigenvalue weighted by Gasteiger charge is -2.26. The standard InChI is InChI=1S/C16H21N3O2/c1-4-7-10-8-13-14(16(20)19(10)6-3)11(5-2)12(9-17)15(18)21-13/h8,11H,4-7,18H2,1-3H3. The van der Waals surface area contributed by atoms with Gasteiger partial charge in [0.2, 0.25) is 5.88 Å². The summed E-state index contributed by atoms with van der Waals surface area (Å²) in [6.07, 6.45) is 2.40. The van der Waals surface area contributed by atoms with Crippen molar-refractivity contribution >= 4 is 0 Å². The number of aromatic nitrogens is 1. The normalized spacial score (nSPS) is 17.1. The summed E-state index contributed by atoms with van der Waals surface area (Å²) in [7, 11) is 0. The van der Waals surface area contributed by atoms with E-state index >= 15 is 0 Å². The van der Waals surface area contributed by atoms with Crippen LogP contribution in [0.4, 0.5) is 0 Å². The molecule has 1 aromatic heterocycles. The van der Waals surface area contributed by atoms with Gasteiger partial charge in [-0.15, -0.1) is 0 Å². The summed E-state index contributed by atoms with van der Waals surface area (Å²) in [4.78, 5) is 12.8. The Morgan fingerprint density at radius 2 is 2.14 bits per heavy atom. The molecule has 0 fully saturated rings. The maximum absolute atomic E-state index is 12.8. The summed E-state index contributed by atoms with van der Waals surface area (Å²) in [6.45, 7) is 6.58. The van der Waals surface area contributed by atoms with Gasteiger partial charge in [0.25, 0.3) is 5.56 Å². The second kappa shape index (κ2) is 6.04. The molecule has 112 valence electrons. The van der Waals surface area contributed by atoms with E-state index in [0.717, 1.165) is 18.5 Å². The lowest BCUT2D eigenvalue weighted by atomic mass is 9.87. The Morgan fingerprint density at radius 3 is 2.67 bits per heavy atom. The van der Waals surface area contributed by atoms with Crippen molar-refractivity contribution in [3.8, 4) is 11.8 Å². The molecule has 2 rings (SSSR count). The van der Waals surface area contributed by atoms with Gasteiger partial charge < -0.3 is 15.0 Å². The van der Waals surface area contributed by atoms with Crippen molar-refractivity contribution in [2.45, 2.75) is 52.5 Å². The van der Waals surface area contributed by atoms with Crippen LogP contribution in [-0.2, 0) is 13.0 Å². The molecule has 2 N–H and O–H groups in total. The number of allylic oxidation sites excluding steroid dienone is 1. The Morgan fingerprint density at radius 1 is 1.43 bits per heavy atom. The molecule has 0 aliphatic carbocycles. The van der Waals surface area contributed by atoms with Gasteiger partial charge in [-0.3, -0.25) is 4.79 Å². The third-order valence-corrected chi connectivity index (χ3v) is 3.92. The Labute approximate surface area is 124 Å². The zero-order valence-corrected chi connectivity index (χ0v) is 12.8. The van der Waals surface area contributed by atoms with Crippen molar-refractivity contribution in [1.82, 2.24) is 4.57 Å². The summed E-state index contributed by atoms with van der Waals surface area (Å²) in [5, 5.41) is 9.27. The Bertz CT molecular complexity index is 680. The summed E-state index contributed by atoms with van der Waals surface area (Å²) in [6, 6.07) is 3.98. The number of hydrogen-bond donors (Lipinski definition) is 1. The first-order valence-electron chi connectivity index (χ1n) is 7.43. The Balaban J connectivity index is 2.71. The predicted molar refractivity (Wildman–Crippen MR) is 80.9 cm³/mol. The van der Waals surface area contributed by atoms with Crippen molar-refractivity contribution in [2.75, 3.05) is 0 Å². The number of nitriles is 1. The molecule has 5 nitrogen and oxygen atoms in total. The van der Waals surface area contributed by atoms with Crippen molar-refractivity contribution in [3.63, 3.8) is 0 Å². The molecule has 1 unspecified atom stereocenters. The average Bonchev–Trinajstić information content (AvgIpc) is 2.46. The fourth-order valence-corrected chi connectivity index (χ4v) is 2.93. The van der Waals surface area contributed by atoms with Gasteiger partial charge in [-0.2, -0.15) is 5.26 Å². The molecule has 0 aromatic carbocycles. The maximum atomic E-state index is 12.8. The van der Waals surface area contributed by atoms with Gasteiger partial charge in [0, 0.05) is 24.2 Å². The number of pyridine rings is 1. The molecule has 1 aromatic rings. The van der Waals surface area contributed by atoms with E-state index in [0.29, 0.717) is 29.9 Å². The van der Waals surface area contributed by atoms with Crippen LogP contribution in [0.15, 0.2) is 22.3 Å². The van der Waals surface area contributed by atoms with Gasteiger partial charge in [-0.05, 0) is 19.8 Å². The van der Waals surface area contributed by atoms with Crippen molar-refractivity contribution in [2.24, 2.45) is 5.73 Å². The highest BCUT2D eigenvalue weighted by molar-refractivity contribution is 5.49. The molecule has 0 bridgehead atoms. The van der Waals surface area contributed by atoms with Crippen LogP contribution in [-0.4, -0.2) is 4.57 Å². The van der Waals surface area contributed by atoms with Gasteiger partial charge in [-0.25, -0.2) is 0 Å². The quantitative estimate of drug-likeness (QED) is 0.922. The number of rotatable bonds is 4. The Hall–Kier alpha value is -2.22. The summed E-state index contributed by atoms with van der Waals surface area (Å²) in [5.41, 5.74) is 7.64. The molecule has 0 spiro atoms. The van der Waals surface area contributed by atoms with Gasteiger partial charge in [0.05, 0.1) is 11.1 Å². The molecule has 0 saturated heterocycles. The van der Waals surface area contributed by atoms with Crippen LogP contribution in [0.1, 0.15) is 50.8 Å². The Kier molecular flexibility index (Phi) is 4.37. The number of nitrogens with two attached hydrogens (primary N) is 1. The number of fused-ring (bicyclic) bond motifs is 1. The lowest BCUT2D eigenvalue weighted by molar-refractivity contribution is 0.380. The smallest absolute Gasteiger partial charge is 0.258 e. The lowest BCUT2D eigenvalue weighted by Crippen LogP contribution is -2.32. The van der Waals surface area contributed by atoms with Crippen molar-refractivity contribution in [1.29, 1.82) is 5.26 Å². The topological polar surface area (TPSA) is 81.0 Å². The SMILES string of the molecule is CCCc1cc2c(c(=O)n1CC)C(CC)C(C#N)=C(N)O2. The van der Waals surface area contributed by atoms with E-state index in [1.807, 2.05) is 19.9 Å². The van der Waals surface area contributed by atoms with Crippen LogP contribution in [0.2, 0.25) is 0 Å². The van der Waals surface area contributed by atoms with Gasteiger partial charge in [-0.1, -0.05) is 20.3 Å². The fraction of sp³-hybridized carbons (Fsp3) is 0.500. The highest BCUT2D eigenvalue weighted by Gasteiger charge is 2.31. The number of hydrogen-bond acceptors (Lipinski definition) is 4. The minimum Gasteiger partial charge on any atom is -0.440 e. The maximum Gasteiger partial charge on any atom is 0.258 e. The van der Waals surface area contributed by atoms with Crippen LogP contribution in [0.25, 0.3) is 0 Å². The highest BCUT2D eigenvalue weighted by Crippen LogP contribution is 2.38. The molecule has 1 aliphatic rings. The van der Waals surface area contributed by atoms with Crippen LogP contribution in [0.5, 0.6) is 5.75 Å². The first-order valence-corrected chi connectivity index (χ1v) is 7.43. The molecular weight excluding hydrogens is 266 g/mol. The molecule has 5 heteroatoms. The monoisotopic (exact) mass is 287 g/mol. The molecule has 0 amide bonds. The van der Waals surface area contributed by atoms with Crippen molar-refractivity contribution < 1.29 is 4.74 Å². The fourth-order valence-electron chi connectivity index (χ4n) is 2.93. The van der Waals surface area contributed by atoms with E-state index in [9.17, 15) is 10.1 Å². The van der Waals surface area contributed by atoms with E-state index in [1.54, 1.807) is 4.57 Å². The van der Waals surface area contributed by atoms with Crippen LogP contribution in [0, 0.1) is 11.3 Å². The minimum absolute atomic E-state index is 0.0643. The average molecular weight is 287 g/mol. The molecule has 1 aliphatic heterocycles. The van der Waals surface area contributed by atoms with E-state index in [1.165, 1.54) is 0 Å². The predicted octanol–water partition coefficient (Wildman–Crippen LogP) is 2.40. The first-order chi connectivity index (χ1) is 10.1. The number of ether oxygens (including phenoxy) is 1. The minimum atomic E-state index is -0.278. The van der Waals surface area contributed by atoms with E-state index in [2.05, 4.69) is 13.0 Å². The largest absolute Gasteiger partial charge is 0.440 e. The van der Waals surface area contributed by atoms with Crippen LogP contribution in [0.3, 0.4) is 0 Å². The van der Waals surface area contributed by atoms with Crippen molar-refractivity contribution in [3.05, 3.63) is 39.1 Å². The molecule has 1 atom stereocenters. The van der Waals surface area contributed by atoms with Gasteiger partial charge >= 0.3 is 0 Å². The van der Waals surface area contributed by atoms with Gasteiger partial charge in [0.15, 0.2) is 0 Å². The number of nitrogens with zero attached hydrogens (tertiary/aromatic N) is 2. The zero-order chi connectivity index (χ0) is 15.6. The first kappa shape index (κ1) is 15.2. The second-order valence-corrected chi connectivity index (χ2v) is 5.17. The third kappa shape index (κ3) is 2.42. The molecule has 21 heavy (non-hydrogen) atoms. The van der Waals surface area contributed by atoms with Crippen LogP contribution >= 0.6 is 0 Å². The third-order valence-electron chi connectivity index (χ3n) is 3.92. The van der Waals surface area contributed by atoms with Crippen LogP contribution < -0.4 is 16.0 Å². The summed E-state index contributed by atoms with van der Waals surface area (Å²) >= 11 is 0. The molecule has 0 radical (unpaired) electrons. The van der Waals surface area contributed by atoms with E-state index in [-0.39, 0.29) is 17.4 Å². The summed E-state index contributed by atoms with van der Waals surface area (Å²) in [5.74, 6) is 0.351. The molecular formula is C16H21N3O2.